The standard InChI is InChI=1S/C12H13NO3S/c1-4-15-12(14)10-11(16-8(3)13-10)9-6-5-7(2)17-9/h5-6H,4H2,1-3H3. The topological polar surface area (TPSA) is 52.3 Å². The van der Waals surface area contributed by atoms with E-state index >= 15 is 0 Å². The maximum absolute atomic E-state index is 11.7. The summed E-state index contributed by atoms with van der Waals surface area (Å²) in [5, 5.41) is 0. The van der Waals surface area contributed by atoms with Crippen molar-refractivity contribution in [3.05, 3.63) is 28.6 Å². The third kappa shape index (κ3) is 2.39. The third-order valence-electron chi connectivity index (χ3n) is 2.17. The highest BCUT2D eigenvalue weighted by atomic mass is 32.1. The van der Waals surface area contributed by atoms with Crippen molar-refractivity contribution in [2.45, 2.75) is 20.8 Å². The van der Waals surface area contributed by atoms with Crippen LogP contribution in [0.1, 0.15) is 28.2 Å². The van der Waals surface area contributed by atoms with Gasteiger partial charge in [0, 0.05) is 11.8 Å². The van der Waals surface area contributed by atoms with Crippen LogP contribution in [0.5, 0.6) is 0 Å². The number of hydrogen-bond acceptors (Lipinski definition) is 5. The number of carbonyl (C=O) groups is 1. The Balaban J connectivity index is 2.43. The summed E-state index contributed by atoms with van der Waals surface area (Å²) < 4.78 is 10.4. The van der Waals surface area contributed by atoms with Gasteiger partial charge in [0.2, 0.25) is 0 Å². The first-order valence-corrected chi connectivity index (χ1v) is 6.14. The van der Waals surface area contributed by atoms with E-state index in [4.69, 9.17) is 9.15 Å². The minimum absolute atomic E-state index is 0.256. The van der Waals surface area contributed by atoms with Gasteiger partial charge in [0.05, 0.1) is 11.5 Å². The van der Waals surface area contributed by atoms with E-state index in [2.05, 4.69) is 4.98 Å². The van der Waals surface area contributed by atoms with Crippen LogP contribution in [0, 0.1) is 13.8 Å². The second-order valence-electron chi connectivity index (χ2n) is 3.54. The Morgan fingerprint density at radius 2 is 2.24 bits per heavy atom. The monoisotopic (exact) mass is 251 g/mol. The second-order valence-corrected chi connectivity index (χ2v) is 4.83. The summed E-state index contributed by atoms with van der Waals surface area (Å²) in [5.74, 6) is 0.526. The fourth-order valence-electron chi connectivity index (χ4n) is 1.49. The largest absolute Gasteiger partial charge is 0.461 e. The van der Waals surface area contributed by atoms with Crippen LogP contribution < -0.4 is 0 Å². The summed E-state index contributed by atoms with van der Waals surface area (Å²) in [6.07, 6.45) is 0. The average molecular weight is 251 g/mol. The highest BCUT2D eigenvalue weighted by Crippen LogP contribution is 2.31. The molecule has 4 nitrogen and oxygen atoms in total. The van der Waals surface area contributed by atoms with Gasteiger partial charge < -0.3 is 9.15 Å². The summed E-state index contributed by atoms with van der Waals surface area (Å²) in [4.78, 5) is 17.9. The van der Waals surface area contributed by atoms with E-state index < -0.39 is 5.97 Å². The van der Waals surface area contributed by atoms with Gasteiger partial charge in [-0.05, 0) is 26.0 Å². The first-order valence-electron chi connectivity index (χ1n) is 5.33. The molecular formula is C12H13NO3S. The summed E-state index contributed by atoms with van der Waals surface area (Å²) in [7, 11) is 0. The molecule has 0 unspecified atom stereocenters. The Labute approximate surface area is 103 Å². The maximum Gasteiger partial charge on any atom is 0.361 e. The molecule has 0 aliphatic heterocycles. The fraction of sp³-hybridized carbons (Fsp3) is 0.333. The maximum atomic E-state index is 11.7. The van der Waals surface area contributed by atoms with E-state index in [9.17, 15) is 4.79 Å². The summed E-state index contributed by atoms with van der Waals surface area (Å²) in [6.45, 7) is 5.81. The third-order valence-corrected chi connectivity index (χ3v) is 3.17. The lowest BCUT2D eigenvalue weighted by molar-refractivity contribution is 0.0520. The molecule has 2 aromatic rings. The van der Waals surface area contributed by atoms with Crippen LogP contribution in [0.2, 0.25) is 0 Å². The normalized spacial score (nSPS) is 10.5. The summed E-state index contributed by atoms with van der Waals surface area (Å²) in [6, 6.07) is 3.90. The van der Waals surface area contributed by atoms with Crippen molar-refractivity contribution in [3.63, 3.8) is 0 Å². The minimum Gasteiger partial charge on any atom is -0.461 e. The zero-order valence-electron chi connectivity index (χ0n) is 9.94. The lowest BCUT2D eigenvalue weighted by Crippen LogP contribution is -2.06. The van der Waals surface area contributed by atoms with Gasteiger partial charge in [0.25, 0.3) is 0 Å². The number of oxazole rings is 1. The molecule has 0 spiro atoms. The van der Waals surface area contributed by atoms with Crippen molar-refractivity contribution in [2.75, 3.05) is 6.61 Å². The number of esters is 1. The van der Waals surface area contributed by atoms with E-state index in [-0.39, 0.29) is 5.69 Å². The van der Waals surface area contributed by atoms with Crippen molar-refractivity contribution >= 4 is 17.3 Å². The predicted octanol–water partition coefficient (Wildman–Crippen LogP) is 3.20. The molecule has 2 aromatic heterocycles. The van der Waals surface area contributed by atoms with Gasteiger partial charge in [0.15, 0.2) is 17.3 Å². The molecule has 0 amide bonds. The van der Waals surface area contributed by atoms with E-state index in [0.717, 1.165) is 9.75 Å². The van der Waals surface area contributed by atoms with Crippen molar-refractivity contribution < 1.29 is 13.9 Å². The van der Waals surface area contributed by atoms with Crippen LogP contribution in [-0.4, -0.2) is 17.6 Å². The summed E-state index contributed by atoms with van der Waals surface area (Å²) >= 11 is 1.56. The number of aryl methyl sites for hydroxylation is 2. The number of carbonyl (C=O) groups excluding carboxylic acids is 1. The molecule has 2 heterocycles. The van der Waals surface area contributed by atoms with Gasteiger partial charge >= 0.3 is 5.97 Å². The van der Waals surface area contributed by atoms with Crippen LogP contribution in [0.25, 0.3) is 10.6 Å². The first-order chi connectivity index (χ1) is 8.11. The molecule has 5 heteroatoms. The van der Waals surface area contributed by atoms with E-state index in [0.29, 0.717) is 18.3 Å². The van der Waals surface area contributed by atoms with Gasteiger partial charge in [-0.2, -0.15) is 0 Å². The molecule has 0 aliphatic carbocycles. The molecule has 0 saturated heterocycles. The smallest absolute Gasteiger partial charge is 0.361 e. The molecule has 0 atom stereocenters. The highest BCUT2D eigenvalue weighted by molar-refractivity contribution is 7.15. The van der Waals surface area contributed by atoms with Gasteiger partial charge in [-0.25, -0.2) is 9.78 Å². The molecule has 0 radical (unpaired) electrons. The van der Waals surface area contributed by atoms with Gasteiger partial charge in [-0.3, -0.25) is 0 Å². The van der Waals surface area contributed by atoms with Crippen molar-refractivity contribution in [3.8, 4) is 10.6 Å². The number of ether oxygens (including phenoxy) is 1. The molecule has 2 rings (SSSR count). The SMILES string of the molecule is CCOC(=O)c1nc(C)oc1-c1ccc(C)s1. The average Bonchev–Trinajstić information content (AvgIpc) is 2.84. The van der Waals surface area contributed by atoms with Crippen LogP contribution in [0.15, 0.2) is 16.5 Å². The quantitative estimate of drug-likeness (QED) is 0.786. The van der Waals surface area contributed by atoms with Crippen LogP contribution in [0.4, 0.5) is 0 Å². The Bertz CT molecular complexity index is 542. The Morgan fingerprint density at radius 3 is 2.82 bits per heavy atom. The number of rotatable bonds is 3. The Kier molecular flexibility index (Phi) is 3.28. The number of aromatic nitrogens is 1. The molecule has 0 fully saturated rings. The lowest BCUT2D eigenvalue weighted by atomic mass is 10.3. The van der Waals surface area contributed by atoms with E-state index in [1.807, 2.05) is 19.1 Å². The van der Waals surface area contributed by atoms with Gasteiger partial charge in [-0.1, -0.05) is 0 Å². The van der Waals surface area contributed by atoms with Crippen LogP contribution >= 0.6 is 11.3 Å². The molecular weight excluding hydrogens is 238 g/mol. The molecule has 0 bridgehead atoms. The van der Waals surface area contributed by atoms with E-state index in [1.165, 1.54) is 0 Å². The number of hydrogen-bond donors (Lipinski definition) is 0. The van der Waals surface area contributed by atoms with Gasteiger partial charge in [-0.15, -0.1) is 11.3 Å². The zero-order chi connectivity index (χ0) is 12.4. The minimum atomic E-state index is -0.439. The van der Waals surface area contributed by atoms with Crippen molar-refractivity contribution in [2.24, 2.45) is 0 Å². The second kappa shape index (κ2) is 4.71. The van der Waals surface area contributed by atoms with Gasteiger partial charge in [0.1, 0.15) is 0 Å². The molecule has 17 heavy (non-hydrogen) atoms. The fourth-order valence-corrected chi connectivity index (χ4v) is 2.34. The molecule has 0 saturated carbocycles. The number of nitrogens with zero attached hydrogens (tertiary/aromatic N) is 1. The van der Waals surface area contributed by atoms with Crippen molar-refractivity contribution in [1.29, 1.82) is 0 Å². The van der Waals surface area contributed by atoms with Crippen LogP contribution in [-0.2, 0) is 4.74 Å². The summed E-state index contributed by atoms with van der Waals surface area (Å²) in [5.41, 5.74) is 0.256. The molecule has 0 aromatic carbocycles. The molecule has 0 N–H and O–H groups in total. The highest BCUT2D eigenvalue weighted by Gasteiger charge is 2.22. The molecule has 90 valence electrons. The lowest BCUT2D eigenvalue weighted by Gasteiger charge is -1.98. The predicted molar refractivity (Wildman–Crippen MR) is 65.2 cm³/mol. The number of thiophene rings is 1. The Hall–Kier alpha value is -1.62. The zero-order valence-corrected chi connectivity index (χ0v) is 10.8. The van der Waals surface area contributed by atoms with Crippen LogP contribution in [0.3, 0.4) is 0 Å². The van der Waals surface area contributed by atoms with E-state index in [1.54, 1.807) is 25.2 Å². The van der Waals surface area contributed by atoms with Crippen molar-refractivity contribution in [1.82, 2.24) is 4.98 Å². The first kappa shape index (κ1) is 11.9. The Morgan fingerprint density at radius 1 is 1.47 bits per heavy atom. The molecule has 0 aliphatic rings.